The van der Waals surface area contributed by atoms with Crippen LogP contribution in [-0.2, 0) is 0 Å². The highest BCUT2D eigenvalue weighted by atomic mass is 15.2. The molecule has 0 aromatic rings. The molecule has 2 nitrogen and oxygen atoms in total. The fourth-order valence-electron chi connectivity index (χ4n) is 2.11. The van der Waals surface area contributed by atoms with Crippen LogP contribution in [0.1, 0.15) is 27.2 Å². The molecule has 1 fully saturated rings. The smallest absolute Gasteiger partial charge is 0.0241 e. The van der Waals surface area contributed by atoms with Gasteiger partial charge in [-0.25, -0.2) is 0 Å². The SMILES string of the molecule is CC1CCN(C(CN)C(C)C)C1. The van der Waals surface area contributed by atoms with Crippen molar-refractivity contribution in [2.45, 2.75) is 33.2 Å². The van der Waals surface area contributed by atoms with Gasteiger partial charge in [0.05, 0.1) is 0 Å². The summed E-state index contributed by atoms with van der Waals surface area (Å²) in [5, 5.41) is 0. The van der Waals surface area contributed by atoms with Gasteiger partial charge < -0.3 is 5.73 Å². The molecule has 0 aromatic carbocycles. The second-order valence-electron chi connectivity index (χ2n) is 4.44. The number of hydrogen-bond donors (Lipinski definition) is 1. The summed E-state index contributed by atoms with van der Waals surface area (Å²) in [7, 11) is 0. The van der Waals surface area contributed by atoms with E-state index in [2.05, 4.69) is 25.7 Å². The summed E-state index contributed by atoms with van der Waals surface area (Å²) in [5.41, 5.74) is 5.76. The zero-order valence-electron chi connectivity index (χ0n) is 8.59. The normalized spacial score (nSPS) is 28.2. The van der Waals surface area contributed by atoms with Crippen LogP contribution in [0, 0.1) is 11.8 Å². The van der Waals surface area contributed by atoms with Crippen LogP contribution in [0.3, 0.4) is 0 Å². The Morgan fingerprint density at radius 2 is 2.17 bits per heavy atom. The van der Waals surface area contributed by atoms with Crippen LogP contribution < -0.4 is 5.73 Å². The standard InChI is InChI=1S/C10H22N2/c1-8(2)10(6-11)12-5-4-9(3)7-12/h8-10H,4-7,11H2,1-3H3. The van der Waals surface area contributed by atoms with E-state index >= 15 is 0 Å². The largest absolute Gasteiger partial charge is 0.329 e. The molecule has 2 unspecified atom stereocenters. The Balaban J connectivity index is 2.44. The number of nitrogens with zero attached hydrogens (tertiary/aromatic N) is 1. The van der Waals surface area contributed by atoms with Gasteiger partial charge >= 0.3 is 0 Å². The average Bonchev–Trinajstić information content (AvgIpc) is 2.37. The van der Waals surface area contributed by atoms with E-state index in [1.807, 2.05) is 0 Å². The molecule has 1 aliphatic heterocycles. The maximum Gasteiger partial charge on any atom is 0.0241 e. The zero-order chi connectivity index (χ0) is 9.14. The van der Waals surface area contributed by atoms with Gasteiger partial charge in [0, 0.05) is 19.1 Å². The van der Waals surface area contributed by atoms with Crippen molar-refractivity contribution in [1.29, 1.82) is 0 Å². The lowest BCUT2D eigenvalue weighted by molar-refractivity contribution is 0.192. The summed E-state index contributed by atoms with van der Waals surface area (Å²) in [6, 6.07) is 0.606. The second-order valence-corrected chi connectivity index (χ2v) is 4.44. The molecule has 12 heavy (non-hydrogen) atoms. The quantitative estimate of drug-likeness (QED) is 0.692. The lowest BCUT2D eigenvalue weighted by atomic mass is 10.0. The van der Waals surface area contributed by atoms with E-state index < -0.39 is 0 Å². The van der Waals surface area contributed by atoms with Gasteiger partial charge in [-0.05, 0) is 24.8 Å². The third-order valence-electron chi connectivity index (χ3n) is 2.94. The predicted octanol–water partition coefficient (Wildman–Crippen LogP) is 1.31. The average molecular weight is 170 g/mol. The van der Waals surface area contributed by atoms with Crippen LogP contribution >= 0.6 is 0 Å². The third kappa shape index (κ3) is 2.20. The van der Waals surface area contributed by atoms with Gasteiger partial charge in [0.15, 0.2) is 0 Å². The number of rotatable bonds is 3. The van der Waals surface area contributed by atoms with E-state index in [-0.39, 0.29) is 0 Å². The Morgan fingerprint density at radius 3 is 2.50 bits per heavy atom. The summed E-state index contributed by atoms with van der Waals surface area (Å²) >= 11 is 0. The van der Waals surface area contributed by atoms with Gasteiger partial charge in [-0.1, -0.05) is 20.8 Å². The van der Waals surface area contributed by atoms with Gasteiger partial charge in [-0.2, -0.15) is 0 Å². The van der Waals surface area contributed by atoms with Crippen LogP contribution in [0.2, 0.25) is 0 Å². The van der Waals surface area contributed by atoms with E-state index in [4.69, 9.17) is 5.73 Å². The highest BCUT2D eigenvalue weighted by Gasteiger charge is 2.26. The summed E-state index contributed by atoms with van der Waals surface area (Å²) in [4.78, 5) is 2.55. The van der Waals surface area contributed by atoms with E-state index in [0.29, 0.717) is 12.0 Å². The summed E-state index contributed by atoms with van der Waals surface area (Å²) < 4.78 is 0. The molecule has 2 N–H and O–H groups in total. The van der Waals surface area contributed by atoms with Crippen LogP contribution in [0.25, 0.3) is 0 Å². The molecule has 0 amide bonds. The summed E-state index contributed by atoms with van der Waals surface area (Å²) in [5.74, 6) is 1.57. The first-order chi connectivity index (χ1) is 5.65. The molecule has 1 rings (SSSR count). The maximum absolute atomic E-state index is 5.76. The Morgan fingerprint density at radius 1 is 1.50 bits per heavy atom. The fraction of sp³-hybridized carbons (Fsp3) is 1.00. The first-order valence-corrected chi connectivity index (χ1v) is 5.09. The minimum Gasteiger partial charge on any atom is -0.329 e. The van der Waals surface area contributed by atoms with Crippen molar-refractivity contribution in [1.82, 2.24) is 4.90 Å². The number of nitrogens with two attached hydrogens (primary N) is 1. The van der Waals surface area contributed by atoms with E-state index in [9.17, 15) is 0 Å². The zero-order valence-corrected chi connectivity index (χ0v) is 8.59. The third-order valence-corrected chi connectivity index (χ3v) is 2.94. The topological polar surface area (TPSA) is 29.3 Å². The Labute approximate surface area is 76.1 Å². The van der Waals surface area contributed by atoms with E-state index in [1.54, 1.807) is 0 Å². The molecule has 0 aromatic heterocycles. The lowest BCUT2D eigenvalue weighted by Crippen LogP contribution is -2.42. The molecular weight excluding hydrogens is 148 g/mol. The Kier molecular flexibility index (Phi) is 3.53. The highest BCUT2D eigenvalue weighted by molar-refractivity contribution is 4.81. The molecule has 1 aliphatic rings. The van der Waals surface area contributed by atoms with Crippen LogP contribution in [0.15, 0.2) is 0 Å². The first kappa shape index (κ1) is 10.0. The molecule has 0 radical (unpaired) electrons. The maximum atomic E-state index is 5.76. The van der Waals surface area contributed by atoms with E-state index in [1.165, 1.54) is 19.5 Å². The van der Waals surface area contributed by atoms with Crippen molar-refractivity contribution in [3.8, 4) is 0 Å². The van der Waals surface area contributed by atoms with Crippen LogP contribution in [-0.4, -0.2) is 30.6 Å². The van der Waals surface area contributed by atoms with Gasteiger partial charge in [0.25, 0.3) is 0 Å². The molecular formula is C10H22N2. The van der Waals surface area contributed by atoms with Crippen molar-refractivity contribution in [3.05, 3.63) is 0 Å². The van der Waals surface area contributed by atoms with Gasteiger partial charge in [0.2, 0.25) is 0 Å². The van der Waals surface area contributed by atoms with Crippen molar-refractivity contribution >= 4 is 0 Å². The van der Waals surface area contributed by atoms with E-state index in [0.717, 1.165) is 12.5 Å². The molecule has 72 valence electrons. The lowest BCUT2D eigenvalue weighted by Gasteiger charge is -2.29. The molecule has 0 bridgehead atoms. The van der Waals surface area contributed by atoms with Crippen molar-refractivity contribution in [3.63, 3.8) is 0 Å². The Hall–Kier alpha value is -0.0800. The summed E-state index contributed by atoms with van der Waals surface area (Å²) in [6.45, 7) is 10.2. The van der Waals surface area contributed by atoms with Gasteiger partial charge in [0.1, 0.15) is 0 Å². The van der Waals surface area contributed by atoms with Crippen LogP contribution in [0.5, 0.6) is 0 Å². The molecule has 0 spiro atoms. The fourth-order valence-corrected chi connectivity index (χ4v) is 2.11. The number of hydrogen-bond acceptors (Lipinski definition) is 2. The monoisotopic (exact) mass is 170 g/mol. The summed E-state index contributed by atoms with van der Waals surface area (Å²) in [6.07, 6.45) is 1.35. The first-order valence-electron chi connectivity index (χ1n) is 5.09. The molecule has 2 atom stereocenters. The van der Waals surface area contributed by atoms with Crippen molar-refractivity contribution in [2.24, 2.45) is 17.6 Å². The highest BCUT2D eigenvalue weighted by Crippen LogP contribution is 2.20. The molecule has 1 heterocycles. The molecule has 0 aliphatic carbocycles. The molecule has 2 heteroatoms. The Bertz CT molecular complexity index is 134. The predicted molar refractivity (Wildman–Crippen MR) is 53.0 cm³/mol. The molecule has 0 saturated carbocycles. The minimum atomic E-state index is 0.606. The second kappa shape index (κ2) is 4.24. The van der Waals surface area contributed by atoms with Crippen LogP contribution in [0.4, 0.5) is 0 Å². The van der Waals surface area contributed by atoms with Gasteiger partial charge in [-0.3, -0.25) is 4.90 Å². The minimum absolute atomic E-state index is 0.606. The van der Waals surface area contributed by atoms with Crippen molar-refractivity contribution < 1.29 is 0 Å². The number of likely N-dealkylation sites (tertiary alicyclic amines) is 1. The van der Waals surface area contributed by atoms with Gasteiger partial charge in [-0.15, -0.1) is 0 Å². The van der Waals surface area contributed by atoms with Crippen molar-refractivity contribution in [2.75, 3.05) is 19.6 Å². The molecule has 1 saturated heterocycles.